The number of rotatable bonds is 9. The number of sulfonamides is 1. The quantitative estimate of drug-likeness (QED) is 0.561. The lowest BCUT2D eigenvalue weighted by Gasteiger charge is -2.33. The Morgan fingerprint density at radius 1 is 1.16 bits per heavy atom. The molecule has 0 radical (unpaired) electrons. The molecule has 0 spiro atoms. The molecule has 1 aromatic carbocycles. The van der Waals surface area contributed by atoms with E-state index in [2.05, 4.69) is 5.32 Å². The van der Waals surface area contributed by atoms with Crippen LogP contribution in [-0.4, -0.2) is 62.9 Å². The first-order valence-corrected chi connectivity index (χ1v) is 11.7. The number of methoxy groups -OCH3 is 1. The third kappa shape index (κ3) is 6.76. The summed E-state index contributed by atoms with van der Waals surface area (Å²) >= 11 is 0. The van der Waals surface area contributed by atoms with Crippen molar-refractivity contribution < 1.29 is 32.3 Å². The molecular weight excluding hydrogens is 424 g/mol. The van der Waals surface area contributed by atoms with E-state index in [0.29, 0.717) is 25.7 Å². The minimum Gasteiger partial charge on any atom is -0.467 e. The summed E-state index contributed by atoms with van der Waals surface area (Å²) in [6.45, 7) is 3.38. The molecule has 1 aliphatic heterocycles. The highest BCUT2D eigenvalue weighted by molar-refractivity contribution is 7.89. The summed E-state index contributed by atoms with van der Waals surface area (Å²) in [5, 5.41) is 2.50. The number of esters is 2. The molecule has 0 aliphatic carbocycles. The highest BCUT2D eigenvalue weighted by Crippen LogP contribution is 2.26. The van der Waals surface area contributed by atoms with E-state index >= 15 is 0 Å². The van der Waals surface area contributed by atoms with Crippen LogP contribution in [0, 0.1) is 5.92 Å². The maximum absolute atomic E-state index is 13.0. The Labute approximate surface area is 183 Å². The van der Waals surface area contributed by atoms with Crippen molar-refractivity contribution in [3.63, 3.8) is 0 Å². The minimum atomic E-state index is -3.87. The Morgan fingerprint density at radius 2 is 1.84 bits per heavy atom. The zero-order valence-corrected chi connectivity index (χ0v) is 18.9. The van der Waals surface area contributed by atoms with Gasteiger partial charge in [-0.05, 0) is 43.7 Å². The maximum atomic E-state index is 13.0. The molecule has 172 valence electrons. The Kier molecular flexibility index (Phi) is 9.00. The van der Waals surface area contributed by atoms with Crippen LogP contribution < -0.4 is 5.32 Å². The molecule has 1 amide bonds. The lowest BCUT2D eigenvalue weighted by molar-refractivity contribution is -0.154. The Morgan fingerprint density at radius 3 is 2.45 bits per heavy atom. The van der Waals surface area contributed by atoms with E-state index in [1.165, 1.54) is 19.2 Å². The number of carbonyl (C=O) groups excluding carboxylic acids is 3. The molecule has 9 nitrogen and oxygen atoms in total. The van der Waals surface area contributed by atoms with Crippen LogP contribution in [0.25, 0.3) is 0 Å². The first-order chi connectivity index (χ1) is 14.7. The van der Waals surface area contributed by atoms with Gasteiger partial charge >= 0.3 is 11.9 Å². The average Bonchev–Trinajstić information content (AvgIpc) is 2.76. The van der Waals surface area contributed by atoms with E-state index in [1.807, 2.05) is 13.8 Å². The topological polar surface area (TPSA) is 119 Å². The predicted octanol–water partition coefficient (Wildman–Crippen LogP) is 1.48. The van der Waals surface area contributed by atoms with Gasteiger partial charge in [-0.25, -0.2) is 13.2 Å². The molecule has 2 rings (SSSR count). The van der Waals surface area contributed by atoms with E-state index in [-0.39, 0.29) is 17.4 Å². The molecule has 1 fully saturated rings. The third-order valence-electron chi connectivity index (χ3n) is 4.95. The molecule has 0 saturated carbocycles. The van der Waals surface area contributed by atoms with Crippen molar-refractivity contribution in [2.45, 2.75) is 56.5 Å². The molecule has 0 aromatic heterocycles. The SMILES string of the molecule is COC(=O)C(CC(C)C)NC(=O)COC(=O)C1CCCCN1S(=O)(=O)c1ccccc1. The molecule has 1 saturated heterocycles. The summed E-state index contributed by atoms with van der Waals surface area (Å²) in [6, 6.07) is 6.04. The van der Waals surface area contributed by atoms with Gasteiger partial charge in [-0.2, -0.15) is 4.31 Å². The van der Waals surface area contributed by atoms with Gasteiger partial charge in [0.1, 0.15) is 12.1 Å². The standard InChI is InChI=1S/C21H30N2O7S/c1-15(2)13-17(20(25)29-3)22-19(24)14-30-21(26)18-11-7-8-12-23(18)31(27,28)16-9-5-4-6-10-16/h4-6,9-10,15,17-18H,7-8,11-14H2,1-3H3,(H,22,24). The average molecular weight is 455 g/mol. The molecule has 1 N–H and O–H groups in total. The maximum Gasteiger partial charge on any atom is 0.328 e. The van der Waals surface area contributed by atoms with Crippen molar-refractivity contribution in [3.05, 3.63) is 30.3 Å². The fourth-order valence-corrected chi connectivity index (χ4v) is 5.12. The summed E-state index contributed by atoms with van der Waals surface area (Å²) < 4.78 is 36.9. The highest BCUT2D eigenvalue weighted by Gasteiger charge is 2.38. The lowest BCUT2D eigenvalue weighted by Crippen LogP contribution is -2.49. The van der Waals surface area contributed by atoms with Crippen LogP contribution in [0.15, 0.2) is 35.2 Å². The Bertz CT molecular complexity index is 871. The van der Waals surface area contributed by atoms with Gasteiger partial charge < -0.3 is 14.8 Å². The molecule has 0 bridgehead atoms. The van der Waals surface area contributed by atoms with Gasteiger partial charge in [0.2, 0.25) is 10.0 Å². The molecule has 2 atom stereocenters. The van der Waals surface area contributed by atoms with E-state index < -0.39 is 46.6 Å². The van der Waals surface area contributed by atoms with Gasteiger partial charge in [-0.3, -0.25) is 9.59 Å². The number of piperidine rings is 1. The molecule has 31 heavy (non-hydrogen) atoms. The number of hydrogen-bond donors (Lipinski definition) is 1. The Balaban J connectivity index is 2.02. The molecule has 2 unspecified atom stereocenters. The summed E-state index contributed by atoms with van der Waals surface area (Å²) in [5.74, 6) is -1.89. The summed E-state index contributed by atoms with van der Waals surface area (Å²) in [5.41, 5.74) is 0. The van der Waals surface area contributed by atoms with Crippen molar-refractivity contribution in [3.8, 4) is 0 Å². The van der Waals surface area contributed by atoms with Gasteiger partial charge in [-0.15, -0.1) is 0 Å². The fraction of sp³-hybridized carbons (Fsp3) is 0.571. The summed E-state index contributed by atoms with van der Waals surface area (Å²) in [4.78, 5) is 36.8. The van der Waals surface area contributed by atoms with E-state index in [1.54, 1.807) is 18.2 Å². The largest absolute Gasteiger partial charge is 0.467 e. The number of amides is 1. The Hall–Kier alpha value is -2.46. The number of benzene rings is 1. The highest BCUT2D eigenvalue weighted by atomic mass is 32.2. The second-order valence-electron chi connectivity index (χ2n) is 7.82. The number of nitrogens with one attached hydrogen (secondary N) is 1. The summed E-state index contributed by atoms with van der Waals surface area (Å²) in [6.07, 6.45) is 1.99. The molecule has 10 heteroatoms. The van der Waals surface area contributed by atoms with Gasteiger partial charge in [0.25, 0.3) is 5.91 Å². The van der Waals surface area contributed by atoms with Crippen molar-refractivity contribution in [1.82, 2.24) is 9.62 Å². The third-order valence-corrected chi connectivity index (χ3v) is 6.87. The van der Waals surface area contributed by atoms with Crippen LogP contribution in [-0.2, 0) is 33.9 Å². The second-order valence-corrected chi connectivity index (χ2v) is 9.71. The fourth-order valence-electron chi connectivity index (χ4n) is 3.45. The number of ether oxygens (including phenoxy) is 2. The molecule has 1 heterocycles. The molecule has 1 aromatic rings. The van der Waals surface area contributed by atoms with Crippen LogP contribution in [0.2, 0.25) is 0 Å². The van der Waals surface area contributed by atoms with E-state index in [9.17, 15) is 22.8 Å². The normalized spacial score (nSPS) is 18.3. The van der Waals surface area contributed by atoms with Crippen LogP contribution >= 0.6 is 0 Å². The van der Waals surface area contributed by atoms with Crippen LogP contribution in [0.3, 0.4) is 0 Å². The number of nitrogens with zero attached hydrogens (tertiary/aromatic N) is 1. The number of hydrogen-bond acceptors (Lipinski definition) is 7. The monoisotopic (exact) mass is 454 g/mol. The van der Waals surface area contributed by atoms with Crippen molar-refractivity contribution in [2.24, 2.45) is 5.92 Å². The number of carbonyl (C=O) groups is 3. The zero-order chi connectivity index (χ0) is 23.0. The summed E-state index contributed by atoms with van der Waals surface area (Å²) in [7, 11) is -2.64. The lowest BCUT2D eigenvalue weighted by atomic mass is 10.0. The van der Waals surface area contributed by atoms with Gasteiger partial charge in [0.15, 0.2) is 6.61 Å². The van der Waals surface area contributed by atoms with Gasteiger partial charge in [-0.1, -0.05) is 32.0 Å². The van der Waals surface area contributed by atoms with Crippen molar-refractivity contribution >= 4 is 27.9 Å². The first kappa shape index (κ1) is 24.8. The minimum absolute atomic E-state index is 0.0991. The van der Waals surface area contributed by atoms with Crippen LogP contribution in [0.1, 0.15) is 39.5 Å². The van der Waals surface area contributed by atoms with Crippen molar-refractivity contribution in [2.75, 3.05) is 20.3 Å². The smallest absolute Gasteiger partial charge is 0.328 e. The van der Waals surface area contributed by atoms with E-state index in [0.717, 1.165) is 4.31 Å². The van der Waals surface area contributed by atoms with E-state index in [4.69, 9.17) is 9.47 Å². The van der Waals surface area contributed by atoms with Crippen LogP contribution in [0.4, 0.5) is 0 Å². The van der Waals surface area contributed by atoms with Crippen LogP contribution in [0.5, 0.6) is 0 Å². The van der Waals surface area contributed by atoms with Gasteiger partial charge in [0.05, 0.1) is 12.0 Å². The first-order valence-electron chi connectivity index (χ1n) is 10.3. The van der Waals surface area contributed by atoms with Gasteiger partial charge in [0, 0.05) is 6.54 Å². The zero-order valence-electron chi connectivity index (χ0n) is 18.1. The second kappa shape index (κ2) is 11.2. The molecular formula is C21H30N2O7S. The van der Waals surface area contributed by atoms with Crippen molar-refractivity contribution in [1.29, 1.82) is 0 Å². The predicted molar refractivity (Wildman–Crippen MR) is 112 cm³/mol. The molecule has 1 aliphatic rings.